The van der Waals surface area contributed by atoms with E-state index >= 15 is 0 Å². The summed E-state index contributed by atoms with van der Waals surface area (Å²) in [5.41, 5.74) is 9.47. The summed E-state index contributed by atoms with van der Waals surface area (Å²) >= 11 is 0. The summed E-state index contributed by atoms with van der Waals surface area (Å²) in [5.74, 6) is 0.00690. The summed E-state index contributed by atoms with van der Waals surface area (Å²) in [6.45, 7) is 10.1. The van der Waals surface area contributed by atoms with Gasteiger partial charge in [-0.05, 0) is 42.5 Å². The molecule has 1 amide bonds. The van der Waals surface area contributed by atoms with Gasteiger partial charge >= 0.3 is 0 Å². The van der Waals surface area contributed by atoms with E-state index in [2.05, 4.69) is 5.32 Å². The average Bonchev–Trinajstić information content (AvgIpc) is 2.11. The summed E-state index contributed by atoms with van der Waals surface area (Å²) in [4.78, 5) is 11.8. The van der Waals surface area contributed by atoms with Gasteiger partial charge in [-0.2, -0.15) is 0 Å². The maximum Gasteiger partial charge on any atom is 0.224 e. The van der Waals surface area contributed by atoms with Gasteiger partial charge in [0.2, 0.25) is 5.91 Å². The maximum atomic E-state index is 11.8. The van der Waals surface area contributed by atoms with Gasteiger partial charge in [0.15, 0.2) is 0 Å². The summed E-state index contributed by atoms with van der Waals surface area (Å²) < 4.78 is 0. The standard InChI is InChI=1S/C14H22N2O/c1-9-6-11(15)12(7-10(9)2)16-13(17)8-14(3,4)5/h6-7H,8,15H2,1-5H3,(H,16,17). The SMILES string of the molecule is Cc1cc(N)c(NC(=O)CC(C)(C)C)cc1C. The van der Waals surface area contributed by atoms with Crippen molar-refractivity contribution in [3.63, 3.8) is 0 Å². The zero-order valence-corrected chi connectivity index (χ0v) is 11.3. The van der Waals surface area contributed by atoms with Crippen molar-refractivity contribution < 1.29 is 4.79 Å². The van der Waals surface area contributed by atoms with Gasteiger partial charge in [0.05, 0.1) is 11.4 Å². The number of rotatable bonds is 2. The van der Waals surface area contributed by atoms with Gasteiger partial charge in [-0.3, -0.25) is 4.79 Å². The van der Waals surface area contributed by atoms with Gasteiger partial charge in [-0.15, -0.1) is 0 Å². The van der Waals surface area contributed by atoms with E-state index in [-0.39, 0.29) is 11.3 Å². The van der Waals surface area contributed by atoms with Crippen LogP contribution in [-0.2, 0) is 4.79 Å². The first-order valence-corrected chi connectivity index (χ1v) is 5.85. The summed E-state index contributed by atoms with van der Waals surface area (Å²) in [5, 5.41) is 2.87. The molecule has 0 fully saturated rings. The maximum absolute atomic E-state index is 11.8. The van der Waals surface area contributed by atoms with Gasteiger partial charge < -0.3 is 11.1 Å². The molecule has 3 nitrogen and oxygen atoms in total. The molecule has 0 spiro atoms. The number of aryl methyl sites for hydroxylation is 2. The molecule has 0 aliphatic heterocycles. The second-order valence-electron chi connectivity index (χ2n) is 5.81. The third-order valence-electron chi connectivity index (χ3n) is 2.63. The molecule has 1 aromatic carbocycles. The number of carbonyl (C=O) groups excluding carboxylic acids is 1. The lowest BCUT2D eigenvalue weighted by Gasteiger charge is -2.18. The van der Waals surface area contributed by atoms with E-state index in [1.54, 1.807) is 0 Å². The van der Waals surface area contributed by atoms with Crippen LogP contribution in [0, 0.1) is 19.3 Å². The van der Waals surface area contributed by atoms with Crippen LogP contribution in [0.3, 0.4) is 0 Å². The second kappa shape index (κ2) is 4.78. The fourth-order valence-electron chi connectivity index (χ4n) is 1.62. The van der Waals surface area contributed by atoms with Crippen LogP contribution >= 0.6 is 0 Å². The number of hydrogen-bond donors (Lipinski definition) is 2. The van der Waals surface area contributed by atoms with Crippen LogP contribution in [0.25, 0.3) is 0 Å². The Morgan fingerprint density at radius 1 is 1.24 bits per heavy atom. The van der Waals surface area contributed by atoms with Crippen LogP contribution in [0.2, 0.25) is 0 Å². The largest absolute Gasteiger partial charge is 0.397 e. The minimum atomic E-state index is -0.0153. The van der Waals surface area contributed by atoms with Crippen molar-refractivity contribution >= 4 is 17.3 Å². The van der Waals surface area contributed by atoms with Crippen LogP contribution in [0.1, 0.15) is 38.3 Å². The summed E-state index contributed by atoms with van der Waals surface area (Å²) in [7, 11) is 0. The Labute approximate surface area is 103 Å². The highest BCUT2D eigenvalue weighted by atomic mass is 16.1. The molecule has 1 rings (SSSR count). The minimum absolute atomic E-state index is 0.00690. The molecule has 0 atom stereocenters. The van der Waals surface area contributed by atoms with Crippen LogP contribution in [-0.4, -0.2) is 5.91 Å². The van der Waals surface area contributed by atoms with Crippen molar-refractivity contribution in [1.82, 2.24) is 0 Å². The highest BCUT2D eigenvalue weighted by molar-refractivity contribution is 5.94. The molecule has 3 heteroatoms. The number of benzene rings is 1. The zero-order valence-electron chi connectivity index (χ0n) is 11.3. The van der Waals surface area contributed by atoms with Crippen molar-refractivity contribution in [2.45, 2.75) is 41.0 Å². The third-order valence-corrected chi connectivity index (χ3v) is 2.63. The Morgan fingerprint density at radius 2 is 1.76 bits per heavy atom. The van der Waals surface area contributed by atoms with Crippen molar-refractivity contribution in [2.75, 3.05) is 11.1 Å². The molecule has 0 bridgehead atoms. The lowest BCUT2D eigenvalue weighted by molar-refractivity contribution is -0.117. The number of hydrogen-bond acceptors (Lipinski definition) is 2. The van der Waals surface area contributed by atoms with E-state index in [1.807, 2.05) is 46.8 Å². The molecule has 0 heterocycles. The molecule has 1 aromatic rings. The van der Waals surface area contributed by atoms with Crippen molar-refractivity contribution in [3.05, 3.63) is 23.3 Å². The molecule has 0 unspecified atom stereocenters. The van der Waals surface area contributed by atoms with E-state index < -0.39 is 0 Å². The lowest BCUT2D eigenvalue weighted by atomic mass is 9.92. The zero-order chi connectivity index (χ0) is 13.2. The fourth-order valence-corrected chi connectivity index (χ4v) is 1.62. The van der Waals surface area contributed by atoms with Gasteiger partial charge in [-0.1, -0.05) is 20.8 Å². The second-order valence-corrected chi connectivity index (χ2v) is 5.81. The monoisotopic (exact) mass is 234 g/mol. The molecule has 17 heavy (non-hydrogen) atoms. The number of nitrogen functional groups attached to an aromatic ring is 1. The molecule has 94 valence electrons. The molecular formula is C14H22N2O. The van der Waals surface area contributed by atoms with Crippen molar-refractivity contribution in [2.24, 2.45) is 5.41 Å². The van der Waals surface area contributed by atoms with E-state index in [0.29, 0.717) is 17.8 Å². The first-order valence-electron chi connectivity index (χ1n) is 5.85. The minimum Gasteiger partial charge on any atom is -0.397 e. The molecule has 3 N–H and O–H groups in total. The Balaban J connectivity index is 2.82. The van der Waals surface area contributed by atoms with Gasteiger partial charge in [-0.25, -0.2) is 0 Å². The van der Waals surface area contributed by atoms with Crippen LogP contribution in [0.15, 0.2) is 12.1 Å². The first kappa shape index (κ1) is 13.6. The highest BCUT2D eigenvalue weighted by Gasteiger charge is 2.16. The van der Waals surface area contributed by atoms with Crippen LogP contribution in [0.4, 0.5) is 11.4 Å². The molecule has 0 aliphatic rings. The number of amides is 1. The molecule has 0 radical (unpaired) electrons. The van der Waals surface area contributed by atoms with Gasteiger partial charge in [0.25, 0.3) is 0 Å². The number of nitrogens with two attached hydrogens (primary N) is 1. The number of anilines is 2. The van der Waals surface area contributed by atoms with Crippen molar-refractivity contribution in [3.8, 4) is 0 Å². The normalized spacial score (nSPS) is 11.4. The van der Waals surface area contributed by atoms with Crippen LogP contribution < -0.4 is 11.1 Å². The topological polar surface area (TPSA) is 55.1 Å². The van der Waals surface area contributed by atoms with E-state index in [0.717, 1.165) is 11.1 Å². The lowest BCUT2D eigenvalue weighted by Crippen LogP contribution is -2.20. The number of nitrogens with one attached hydrogen (secondary N) is 1. The van der Waals surface area contributed by atoms with Crippen molar-refractivity contribution in [1.29, 1.82) is 0 Å². The Bertz CT molecular complexity index is 431. The Kier molecular flexibility index (Phi) is 3.81. The van der Waals surface area contributed by atoms with Gasteiger partial charge in [0.1, 0.15) is 0 Å². The summed E-state index contributed by atoms with van der Waals surface area (Å²) in [6, 6.07) is 3.81. The molecular weight excluding hydrogens is 212 g/mol. The van der Waals surface area contributed by atoms with E-state index in [1.165, 1.54) is 0 Å². The molecule has 0 saturated carbocycles. The smallest absolute Gasteiger partial charge is 0.224 e. The Morgan fingerprint density at radius 3 is 2.29 bits per heavy atom. The molecule has 0 aromatic heterocycles. The third kappa shape index (κ3) is 4.10. The summed E-state index contributed by atoms with van der Waals surface area (Å²) in [6.07, 6.45) is 0.485. The predicted molar refractivity (Wildman–Crippen MR) is 73.0 cm³/mol. The number of carbonyl (C=O) groups is 1. The van der Waals surface area contributed by atoms with Gasteiger partial charge in [0, 0.05) is 6.42 Å². The van der Waals surface area contributed by atoms with E-state index in [9.17, 15) is 4.79 Å². The fraction of sp³-hybridized carbons (Fsp3) is 0.500. The highest BCUT2D eigenvalue weighted by Crippen LogP contribution is 2.25. The van der Waals surface area contributed by atoms with E-state index in [4.69, 9.17) is 5.73 Å². The predicted octanol–water partition coefficient (Wildman–Crippen LogP) is 3.26. The average molecular weight is 234 g/mol. The quantitative estimate of drug-likeness (QED) is 0.772. The van der Waals surface area contributed by atoms with Crippen LogP contribution in [0.5, 0.6) is 0 Å². The first-order chi connectivity index (χ1) is 7.69. The Hall–Kier alpha value is -1.51. The molecule has 0 aliphatic carbocycles. The molecule has 0 saturated heterocycles.